The molecule has 29 heavy (non-hydrogen) atoms. The third-order valence-electron chi connectivity index (χ3n) is 4.95. The molecule has 1 heterocycles. The van der Waals surface area contributed by atoms with Crippen molar-refractivity contribution in [3.05, 3.63) is 47.8 Å². The van der Waals surface area contributed by atoms with E-state index >= 15 is 0 Å². The topological polar surface area (TPSA) is 59.8 Å². The first-order valence-electron chi connectivity index (χ1n) is 10.6. The number of rotatable bonds is 13. The largest absolute Gasteiger partial charge is 0.325 e. The number of carbonyl (C=O) groups excluding carboxylic acids is 1. The van der Waals surface area contributed by atoms with Crippen molar-refractivity contribution >= 4 is 23.4 Å². The minimum absolute atomic E-state index is 0.0201. The van der Waals surface area contributed by atoms with Crippen LogP contribution in [0.25, 0.3) is 0 Å². The van der Waals surface area contributed by atoms with Gasteiger partial charge >= 0.3 is 0 Å². The first kappa shape index (κ1) is 23.2. The van der Waals surface area contributed by atoms with E-state index in [9.17, 15) is 4.79 Å². The average Bonchev–Trinajstić information content (AvgIpc) is 3.09. The van der Waals surface area contributed by atoms with E-state index in [1.807, 2.05) is 25.1 Å². The van der Waals surface area contributed by atoms with Crippen molar-refractivity contribution in [3.8, 4) is 0 Å². The lowest BCUT2D eigenvalue weighted by atomic mass is 10.1. The maximum absolute atomic E-state index is 12.5. The number of para-hydroxylation sites is 1. The van der Waals surface area contributed by atoms with Gasteiger partial charge in [0.2, 0.25) is 5.91 Å². The quantitative estimate of drug-likeness (QED) is 0.264. The second-order valence-electron chi connectivity index (χ2n) is 7.26. The van der Waals surface area contributed by atoms with Crippen LogP contribution in [0.4, 0.5) is 5.69 Å². The highest BCUT2D eigenvalue weighted by atomic mass is 32.2. The molecule has 2 aromatic rings. The molecule has 1 N–H and O–H groups in total. The fourth-order valence-electron chi connectivity index (χ4n) is 3.32. The van der Waals surface area contributed by atoms with E-state index < -0.39 is 0 Å². The lowest BCUT2D eigenvalue weighted by Crippen LogP contribution is -2.16. The number of amides is 1. The Hall–Kier alpha value is -2.08. The molecule has 6 heteroatoms. The molecule has 158 valence electrons. The number of hydrogen-bond donors (Lipinski definition) is 1. The number of anilines is 1. The van der Waals surface area contributed by atoms with Gasteiger partial charge in [-0.15, -0.1) is 16.8 Å². The van der Waals surface area contributed by atoms with Crippen LogP contribution in [0, 0.1) is 6.92 Å². The third-order valence-corrected chi connectivity index (χ3v) is 5.91. The van der Waals surface area contributed by atoms with Gasteiger partial charge in [0.15, 0.2) is 5.16 Å². The monoisotopic (exact) mass is 414 g/mol. The van der Waals surface area contributed by atoms with E-state index in [0.717, 1.165) is 47.1 Å². The van der Waals surface area contributed by atoms with Crippen LogP contribution in [0.15, 0.2) is 36.0 Å². The molecule has 0 aliphatic heterocycles. The highest BCUT2D eigenvalue weighted by Gasteiger charge is 2.14. The summed E-state index contributed by atoms with van der Waals surface area (Å²) in [5, 5.41) is 12.6. The molecular formula is C23H34N4OS. The van der Waals surface area contributed by atoms with Gasteiger partial charge in [-0.25, -0.2) is 0 Å². The third kappa shape index (κ3) is 7.03. The van der Waals surface area contributed by atoms with Crippen LogP contribution >= 0.6 is 11.8 Å². The van der Waals surface area contributed by atoms with Crippen LogP contribution in [0.2, 0.25) is 0 Å². The van der Waals surface area contributed by atoms with E-state index in [-0.39, 0.29) is 5.91 Å². The van der Waals surface area contributed by atoms with Gasteiger partial charge in [-0.1, -0.05) is 75.6 Å². The summed E-state index contributed by atoms with van der Waals surface area (Å²) in [7, 11) is 0. The molecule has 0 spiro atoms. The number of allylic oxidation sites excluding steroid dienone is 1. The fourth-order valence-corrected chi connectivity index (χ4v) is 4.08. The number of nitrogens with zero attached hydrogens (tertiary/aromatic N) is 3. The van der Waals surface area contributed by atoms with Crippen LogP contribution < -0.4 is 5.32 Å². The zero-order valence-electron chi connectivity index (χ0n) is 18.0. The molecule has 5 nitrogen and oxygen atoms in total. The zero-order chi connectivity index (χ0) is 21.1. The van der Waals surface area contributed by atoms with Gasteiger partial charge in [-0.05, 0) is 30.9 Å². The van der Waals surface area contributed by atoms with Crippen molar-refractivity contribution in [2.45, 2.75) is 77.4 Å². The minimum Gasteiger partial charge on any atom is -0.325 e. The predicted molar refractivity (Wildman–Crippen MR) is 123 cm³/mol. The maximum atomic E-state index is 12.5. The number of nitrogens with one attached hydrogen (secondary N) is 1. The first-order valence-corrected chi connectivity index (χ1v) is 11.6. The van der Waals surface area contributed by atoms with Crippen LogP contribution in [0.1, 0.15) is 62.9 Å². The van der Waals surface area contributed by atoms with Gasteiger partial charge in [0.1, 0.15) is 5.82 Å². The van der Waals surface area contributed by atoms with Gasteiger partial charge in [0, 0.05) is 18.7 Å². The van der Waals surface area contributed by atoms with Gasteiger partial charge in [-0.2, -0.15) is 0 Å². The molecular weight excluding hydrogens is 380 g/mol. The molecule has 2 rings (SSSR count). The van der Waals surface area contributed by atoms with Crippen molar-refractivity contribution in [1.82, 2.24) is 14.8 Å². The molecule has 0 aliphatic rings. The molecule has 1 aromatic carbocycles. The van der Waals surface area contributed by atoms with Crippen molar-refractivity contribution in [1.29, 1.82) is 0 Å². The van der Waals surface area contributed by atoms with Crippen molar-refractivity contribution < 1.29 is 4.79 Å². The van der Waals surface area contributed by atoms with Crippen LogP contribution in [-0.2, 0) is 24.2 Å². The summed E-state index contributed by atoms with van der Waals surface area (Å²) in [5.41, 5.74) is 3.17. The number of thioether (sulfide) groups is 1. The standard InChI is InChI=1S/C23H34N4OS/c1-5-8-9-10-11-15-20-25-26-23(27(20)16-6-2)29-17-21(28)24-22-18(4)13-12-14-19(22)7-3/h6,12-14H,2,5,7-11,15-17H2,1,3-4H3,(H,24,28). The van der Waals surface area contributed by atoms with Gasteiger partial charge in [-0.3, -0.25) is 4.79 Å². The van der Waals surface area contributed by atoms with E-state index in [1.165, 1.54) is 37.4 Å². The minimum atomic E-state index is -0.0201. The molecule has 0 unspecified atom stereocenters. The SMILES string of the molecule is C=CCn1c(CCCCCCC)nnc1SCC(=O)Nc1c(C)cccc1CC. The van der Waals surface area contributed by atoms with Crippen LogP contribution in [-0.4, -0.2) is 26.4 Å². The zero-order valence-corrected chi connectivity index (χ0v) is 18.9. The van der Waals surface area contributed by atoms with Gasteiger partial charge < -0.3 is 9.88 Å². The average molecular weight is 415 g/mol. The van der Waals surface area contributed by atoms with E-state index in [4.69, 9.17) is 0 Å². The first-order chi connectivity index (χ1) is 14.1. The fraction of sp³-hybridized carbons (Fsp3) is 0.522. The Kier molecular flexibility index (Phi) is 9.98. The molecule has 0 saturated carbocycles. The highest BCUT2D eigenvalue weighted by Crippen LogP contribution is 2.23. The van der Waals surface area contributed by atoms with Gasteiger partial charge in [0.25, 0.3) is 0 Å². The van der Waals surface area contributed by atoms with Crippen molar-refractivity contribution in [3.63, 3.8) is 0 Å². The number of carbonyl (C=O) groups is 1. The molecule has 1 amide bonds. The second kappa shape index (κ2) is 12.5. The lowest BCUT2D eigenvalue weighted by molar-refractivity contribution is -0.113. The smallest absolute Gasteiger partial charge is 0.234 e. The number of aryl methyl sites for hydroxylation is 3. The lowest BCUT2D eigenvalue weighted by Gasteiger charge is -2.13. The molecule has 0 saturated heterocycles. The summed E-state index contributed by atoms with van der Waals surface area (Å²) in [6, 6.07) is 6.11. The normalized spacial score (nSPS) is 10.9. The Balaban J connectivity index is 1.95. The van der Waals surface area contributed by atoms with E-state index in [1.54, 1.807) is 0 Å². The molecule has 0 aliphatic carbocycles. The summed E-state index contributed by atoms with van der Waals surface area (Å²) in [6.45, 7) is 10.9. The summed E-state index contributed by atoms with van der Waals surface area (Å²) in [5.74, 6) is 1.27. The summed E-state index contributed by atoms with van der Waals surface area (Å²) in [6.07, 6.45) is 9.80. The Morgan fingerprint density at radius 1 is 1.21 bits per heavy atom. The number of aromatic nitrogens is 3. The van der Waals surface area contributed by atoms with Crippen LogP contribution in [0.3, 0.4) is 0 Å². The van der Waals surface area contributed by atoms with Crippen molar-refractivity contribution in [2.75, 3.05) is 11.1 Å². The molecule has 1 aromatic heterocycles. The molecule has 0 fully saturated rings. The maximum Gasteiger partial charge on any atom is 0.234 e. The van der Waals surface area contributed by atoms with Gasteiger partial charge in [0.05, 0.1) is 5.75 Å². The molecule has 0 atom stereocenters. The highest BCUT2D eigenvalue weighted by molar-refractivity contribution is 7.99. The summed E-state index contributed by atoms with van der Waals surface area (Å²) >= 11 is 1.43. The Morgan fingerprint density at radius 3 is 2.72 bits per heavy atom. The molecule has 0 radical (unpaired) electrons. The predicted octanol–water partition coefficient (Wildman–Crippen LogP) is 5.58. The number of benzene rings is 1. The van der Waals surface area contributed by atoms with Crippen LogP contribution in [0.5, 0.6) is 0 Å². The van der Waals surface area contributed by atoms with Crippen molar-refractivity contribution in [2.24, 2.45) is 0 Å². The van der Waals surface area contributed by atoms with E-state index in [0.29, 0.717) is 12.3 Å². The second-order valence-corrected chi connectivity index (χ2v) is 8.20. The Labute approximate surface area is 179 Å². The van der Waals surface area contributed by atoms with E-state index in [2.05, 4.69) is 46.6 Å². The number of unbranched alkanes of at least 4 members (excludes halogenated alkanes) is 4. The summed E-state index contributed by atoms with van der Waals surface area (Å²) < 4.78 is 2.08. The summed E-state index contributed by atoms with van der Waals surface area (Å²) in [4.78, 5) is 12.5. The Bertz CT molecular complexity index is 800. The Morgan fingerprint density at radius 2 is 2.00 bits per heavy atom. The number of hydrogen-bond acceptors (Lipinski definition) is 4. The molecule has 0 bridgehead atoms.